The molecule has 1 aliphatic heterocycles. The van der Waals surface area contributed by atoms with E-state index in [4.69, 9.17) is 0 Å². The van der Waals surface area contributed by atoms with Crippen LogP contribution in [-0.4, -0.2) is 12.6 Å². The number of hydrogen-bond donors (Lipinski definition) is 0. The van der Waals surface area contributed by atoms with Gasteiger partial charge in [-0.25, -0.2) is 0 Å². The molecule has 0 radical (unpaired) electrons. The molecule has 13 rings (SSSR count). The smallest absolute Gasteiger partial charge is 0.179 e. The Morgan fingerprint density at radius 2 is 0.971 bits per heavy atom. The number of aromatic nitrogens is 1. The summed E-state index contributed by atoms with van der Waals surface area (Å²) < 4.78 is 2.65. The predicted octanol–water partition coefficient (Wildman–Crippen LogP) is 14.4. The molecule has 2 nitrogen and oxygen atoms in total. The van der Waals surface area contributed by atoms with Crippen molar-refractivity contribution in [1.29, 1.82) is 0 Å². The van der Waals surface area contributed by atoms with E-state index in [1.165, 1.54) is 97.2 Å². The van der Waals surface area contributed by atoms with Crippen molar-refractivity contribution in [2.45, 2.75) is 51.4 Å². The number of fused-ring (bicyclic) bond motifs is 5. The summed E-state index contributed by atoms with van der Waals surface area (Å²) >= 11 is 0. The summed E-state index contributed by atoms with van der Waals surface area (Å²) in [7, 11) is -2.62. The highest BCUT2D eigenvalue weighted by atomic mass is 28.3. The highest BCUT2D eigenvalue weighted by Crippen LogP contribution is 2.65. The first-order valence-electron chi connectivity index (χ1n) is 25.5. The Kier molecular flexibility index (Phi) is 10.2. The van der Waals surface area contributed by atoms with Gasteiger partial charge >= 0.3 is 0 Å². The molecule has 336 valence electrons. The van der Waals surface area contributed by atoms with Crippen LogP contribution in [0.1, 0.15) is 57.1 Å². The lowest BCUT2D eigenvalue weighted by Crippen LogP contribution is -2.74. The van der Waals surface area contributed by atoms with Crippen LogP contribution < -0.4 is 25.6 Å². The second kappa shape index (κ2) is 16.8. The molecule has 1 aromatic heterocycles. The third-order valence-electron chi connectivity index (χ3n) is 17.0. The fourth-order valence-electron chi connectivity index (χ4n) is 14.2. The summed E-state index contributed by atoms with van der Waals surface area (Å²) in [6, 6.07) is 87.3. The molecule has 3 unspecified atom stereocenters. The Labute approximate surface area is 408 Å². The van der Waals surface area contributed by atoms with Gasteiger partial charge in [0.25, 0.3) is 0 Å². The van der Waals surface area contributed by atoms with Gasteiger partial charge < -0.3 is 9.47 Å². The van der Waals surface area contributed by atoms with Crippen LogP contribution in [0.3, 0.4) is 0 Å². The van der Waals surface area contributed by atoms with E-state index >= 15 is 0 Å². The van der Waals surface area contributed by atoms with Gasteiger partial charge in [0.2, 0.25) is 0 Å². The van der Waals surface area contributed by atoms with Gasteiger partial charge in [-0.15, -0.1) is 0 Å². The van der Waals surface area contributed by atoms with Crippen LogP contribution in [0.2, 0.25) is 0 Å². The van der Waals surface area contributed by atoms with Gasteiger partial charge in [-0.05, 0) is 135 Å². The highest BCUT2D eigenvalue weighted by molar-refractivity contribution is 7.19. The first kappa shape index (κ1) is 41.9. The minimum Gasteiger partial charge on any atom is -0.310 e. The molecule has 9 aromatic carbocycles. The van der Waals surface area contributed by atoms with E-state index < -0.39 is 8.07 Å². The summed E-state index contributed by atoms with van der Waals surface area (Å²) in [4.78, 5) is 2.52. The molecule has 3 aliphatic rings. The summed E-state index contributed by atoms with van der Waals surface area (Å²) in [5, 5.41) is 8.21. The highest BCUT2D eigenvalue weighted by Gasteiger charge is 2.58. The second-order valence-corrected chi connectivity index (χ2v) is 24.3. The van der Waals surface area contributed by atoms with Crippen molar-refractivity contribution in [2.24, 2.45) is 23.7 Å². The number of nitrogens with zero attached hydrogens (tertiary/aromatic N) is 2. The van der Waals surface area contributed by atoms with Gasteiger partial charge in [-0.3, -0.25) is 0 Å². The molecule has 2 bridgehead atoms. The maximum absolute atomic E-state index is 2.65. The lowest BCUT2D eigenvalue weighted by Gasteiger charge is -2.59. The molecule has 2 heterocycles. The topological polar surface area (TPSA) is 8.17 Å². The summed E-state index contributed by atoms with van der Waals surface area (Å²) in [5.41, 5.74) is 13.1. The van der Waals surface area contributed by atoms with E-state index in [1.54, 1.807) is 11.1 Å². The molecule has 1 spiro atoms. The largest absolute Gasteiger partial charge is 0.310 e. The number of para-hydroxylation sites is 3. The summed E-state index contributed by atoms with van der Waals surface area (Å²) in [5.74, 6) is 2.79. The van der Waals surface area contributed by atoms with E-state index in [1.807, 2.05) is 0 Å². The zero-order valence-corrected chi connectivity index (χ0v) is 40.7. The molecule has 3 heteroatoms. The quantitative estimate of drug-likeness (QED) is 0.103. The van der Waals surface area contributed by atoms with Crippen LogP contribution in [0.25, 0.3) is 38.6 Å². The minimum absolute atomic E-state index is 0.00383. The Balaban J connectivity index is 0.958. The molecule has 69 heavy (non-hydrogen) atoms. The van der Waals surface area contributed by atoms with Gasteiger partial charge in [-0.2, -0.15) is 0 Å². The van der Waals surface area contributed by atoms with Crippen LogP contribution in [0, 0.1) is 23.7 Å². The van der Waals surface area contributed by atoms with E-state index in [9.17, 15) is 0 Å². The number of anilines is 3. The van der Waals surface area contributed by atoms with Gasteiger partial charge in [0.05, 0.1) is 22.4 Å². The molecular weight excluding hydrogens is 849 g/mol. The van der Waals surface area contributed by atoms with Crippen LogP contribution >= 0.6 is 0 Å². The molecule has 2 saturated carbocycles. The van der Waals surface area contributed by atoms with E-state index in [0.717, 1.165) is 23.2 Å². The first-order chi connectivity index (χ1) is 34.1. The van der Waals surface area contributed by atoms with Crippen molar-refractivity contribution in [2.75, 3.05) is 4.90 Å². The monoisotopic (exact) mass is 906 g/mol. The minimum atomic E-state index is -2.62. The molecule has 2 fully saturated rings. The van der Waals surface area contributed by atoms with Gasteiger partial charge in [0.1, 0.15) is 0 Å². The zero-order valence-electron chi connectivity index (χ0n) is 39.7. The first-order valence-corrected chi connectivity index (χ1v) is 27.5. The van der Waals surface area contributed by atoms with Crippen LogP contribution in [0.15, 0.2) is 231 Å². The van der Waals surface area contributed by atoms with Crippen LogP contribution in [-0.2, 0) is 5.41 Å². The lowest BCUT2D eigenvalue weighted by molar-refractivity contribution is 0.0211. The number of benzene rings is 9. The number of hydrogen-bond acceptors (Lipinski definition) is 1. The normalized spacial score (nSPS) is 20.5. The summed E-state index contributed by atoms with van der Waals surface area (Å²) in [6.07, 6.45) is 6.51. The molecule has 2 aliphatic carbocycles. The third-order valence-corrected chi connectivity index (χ3v) is 21.8. The van der Waals surface area contributed by atoms with Crippen molar-refractivity contribution in [1.82, 2.24) is 4.57 Å². The van der Waals surface area contributed by atoms with E-state index in [0.29, 0.717) is 11.8 Å². The maximum Gasteiger partial charge on any atom is 0.179 e. The Bertz CT molecular complexity index is 3340. The maximum atomic E-state index is 2.65. The Hall–Kier alpha value is -7.20. The second-order valence-electron chi connectivity index (χ2n) is 20.5. The lowest BCUT2D eigenvalue weighted by atomic mass is 9.45. The van der Waals surface area contributed by atoms with Crippen molar-refractivity contribution in [3.63, 3.8) is 0 Å². The molecule has 0 saturated heterocycles. The molecule has 5 atom stereocenters. The van der Waals surface area contributed by atoms with Gasteiger partial charge in [0.15, 0.2) is 8.07 Å². The number of rotatable bonds is 9. The van der Waals surface area contributed by atoms with Crippen molar-refractivity contribution < 1.29 is 0 Å². The van der Waals surface area contributed by atoms with Crippen LogP contribution in [0.4, 0.5) is 17.1 Å². The summed E-state index contributed by atoms with van der Waals surface area (Å²) in [6.45, 7) is 4.95. The van der Waals surface area contributed by atoms with Crippen molar-refractivity contribution in [3.8, 4) is 16.8 Å². The average Bonchev–Trinajstić information content (AvgIpc) is 3.76. The standard InChI is InChI=1S/C66H58N2Si/c1-3-47-44-50-42-46(2)43-51(45-47)66(50)59-29-17-19-31-62(59)68-61-30-18-16-28-58(61)64-63(41-40-60(66)65(64)68)67(52-20-8-4-9-21-52)53-36-32-48(33-37-53)49-34-38-57(39-35-49)69(54-22-10-5-11-23-54,55-24-12-6-13-25-55)56-26-14-7-15-27-56/h4-41,46-47,50-51H,3,42-45H2,1-2H3/t46?,47?,50-,51+,66?. The van der Waals surface area contributed by atoms with Gasteiger partial charge in [-0.1, -0.05) is 208 Å². The van der Waals surface area contributed by atoms with Crippen LogP contribution in [0.5, 0.6) is 0 Å². The van der Waals surface area contributed by atoms with E-state index in [-0.39, 0.29) is 5.41 Å². The Morgan fingerprint density at radius 3 is 1.57 bits per heavy atom. The molecule has 0 amide bonds. The van der Waals surface area contributed by atoms with E-state index in [2.05, 4.69) is 254 Å². The molecule has 0 N–H and O–H groups in total. The molecular formula is C66H58N2Si. The van der Waals surface area contributed by atoms with Gasteiger partial charge in [0, 0.05) is 27.6 Å². The average molecular weight is 907 g/mol. The SMILES string of the molecule is CCC1C[C@H]2CC(C)C[C@@H](C1)C21c2ccccc2-n2c3ccccc3c3c(N(c4ccccc4)c4ccc(-c5ccc([Si](c6ccccc6)(c6ccccc6)c6ccccc6)cc5)cc4)ccc1c32. The predicted molar refractivity (Wildman–Crippen MR) is 294 cm³/mol. The zero-order chi connectivity index (χ0) is 46.1. The fourth-order valence-corrected chi connectivity index (χ4v) is 19.0. The Morgan fingerprint density at radius 1 is 0.478 bits per heavy atom. The third kappa shape index (κ3) is 6.36. The fraction of sp³-hybridized carbons (Fsp3) is 0.182. The van der Waals surface area contributed by atoms with Crippen molar-refractivity contribution in [3.05, 3.63) is 242 Å². The van der Waals surface area contributed by atoms with Crippen molar-refractivity contribution >= 4 is 67.7 Å². The molecule has 10 aromatic rings.